The van der Waals surface area contributed by atoms with Crippen LogP contribution in [0.25, 0.3) is 0 Å². The van der Waals surface area contributed by atoms with Crippen LogP contribution in [0.1, 0.15) is 42.9 Å². The van der Waals surface area contributed by atoms with Crippen molar-refractivity contribution in [3.8, 4) is 5.75 Å². The van der Waals surface area contributed by atoms with Gasteiger partial charge in [-0.1, -0.05) is 49.4 Å². The number of ether oxygens (including phenoxy) is 2. The first kappa shape index (κ1) is 22.2. The van der Waals surface area contributed by atoms with Gasteiger partial charge in [0.05, 0.1) is 20.3 Å². The van der Waals surface area contributed by atoms with Gasteiger partial charge in [0.1, 0.15) is 5.75 Å². The van der Waals surface area contributed by atoms with E-state index < -0.39 is 11.5 Å². The molecule has 0 spiro atoms. The van der Waals surface area contributed by atoms with Gasteiger partial charge >= 0.3 is 6.09 Å². The van der Waals surface area contributed by atoms with Crippen LogP contribution in [0.2, 0.25) is 0 Å². The first-order chi connectivity index (χ1) is 14.4. The zero-order valence-electron chi connectivity index (χ0n) is 18.4. The number of methoxy groups -OCH3 is 2. The molecule has 1 aliphatic heterocycles. The Labute approximate surface area is 179 Å². The van der Waals surface area contributed by atoms with E-state index in [0.717, 1.165) is 36.1 Å². The number of aliphatic hydroxyl groups excluding tert-OH is 1. The van der Waals surface area contributed by atoms with Crippen molar-refractivity contribution in [1.82, 2.24) is 4.90 Å². The summed E-state index contributed by atoms with van der Waals surface area (Å²) in [6.45, 7) is 4.85. The van der Waals surface area contributed by atoms with Gasteiger partial charge in [-0.15, -0.1) is 0 Å². The molecule has 0 saturated carbocycles. The zero-order valence-corrected chi connectivity index (χ0v) is 18.4. The van der Waals surface area contributed by atoms with E-state index in [1.54, 1.807) is 18.9 Å². The maximum absolute atomic E-state index is 12.1. The molecule has 2 aromatic carbocycles. The first-order valence-corrected chi connectivity index (χ1v) is 10.6. The van der Waals surface area contributed by atoms with Crippen molar-refractivity contribution in [2.24, 2.45) is 5.41 Å². The van der Waals surface area contributed by atoms with Gasteiger partial charge in [0.15, 0.2) is 0 Å². The Morgan fingerprint density at radius 1 is 1.20 bits per heavy atom. The third-order valence-electron chi connectivity index (χ3n) is 6.58. The van der Waals surface area contributed by atoms with Crippen molar-refractivity contribution >= 4 is 6.09 Å². The lowest BCUT2D eigenvalue weighted by molar-refractivity contribution is 0.0470. The predicted molar refractivity (Wildman–Crippen MR) is 118 cm³/mol. The number of carbonyl (C=O) groups excluding carboxylic acids is 1. The van der Waals surface area contributed by atoms with Crippen LogP contribution < -0.4 is 4.74 Å². The third-order valence-corrected chi connectivity index (χ3v) is 6.58. The Balaban J connectivity index is 1.82. The Hall–Kier alpha value is -2.53. The predicted octanol–water partition coefficient (Wildman–Crippen LogP) is 4.42. The highest BCUT2D eigenvalue weighted by Gasteiger charge is 2.48. The van der Waals surface area contributed by atoms with Crippen molar-refractivity contribution in [2.45, 2.75) is 45.1 Å². The molecule has 1 amide bonds. The van der Waals surface area contributed by atoms with Gasteiger partial charge in [-0.3, -0.25) is 0 Å². The van der Waals surface area contributed by atoms with E-state index in [9.17, 15) is 9.90 Å². The highest BCUT2D eigenvalue weighted by molar-refractivity contribution is 5.68. The van der Waals surface area contributed by atoms with E-state index in [-0.39, 0.29) is 12.0 Å². The second-order valence-electron chi connectivity index (χ2n) is 8.50. The Morgan fingerprint density at radius 3 is 2.57 bits per heavy atom. The van der Waals surface area contributed by atoms with Crippen LogP contribution in [0.3, 0.4) is 0 Å². The van der Waals surface area contributed by atoms with Crippen molar-refractivity contribution in [2.75, 3.05) is 27.3 Å². The van der Waals surface area contributed by atoms with Crippen molar-refractivity contribution in [3.05, 3.63) is 65.2 Å². The highest BCUT2D eigenvalue weighted by Crippen LogP contribution is 2.46. The van der Waals surface area contributed by atoms with Gasteiger partial charge < -0.3 is 19.5 Å². The molecule has 5 heteroatoms. The van der Waals surface area contributed by atoms with Crippen LogP contribution in [-0.4, -0.2) is 49.5 Å². The molecule has 5 nitrogen and oxygen atoms in total. The number of aliphatic hydroxyl groups is 1. The summed E-state index contributed by atoms with van der Waals surface area (Å²) >= 11 is 0. The van der Waals surface area contributed by atoms with Crippen molar-refractivity contribution in [1.29, 1.82) is 0 Å². The van der Waals surface area contributed by atoms with Gasteiger partial charge in [0.25, 0.3) is 0 Å². The Morgan fingerprint density at radius 2 is 1.93 bits per heavy atom. The average molecular weight is 412 g/mol. The lowest BCUT2D eigenvalue weighted by atomic mass is 9.72. The van der Waals surface area contributed by atoms with E-state index in [0.29, 0.717) is 13.1 Å². The number of nitrogens with zero attached hydrogens (tertiary/aromatic N) is 1. The monoisotopic (exact) mass is 411 g/mol. The molecule has 0 radical (unpaired) electrons. The lowest BCUT2D eigenvalue weighted by Crippen LogP contribution is -2.38. The number of hydrogen-bond donors (Lipinski definition) is 1. The number of hydrogen-bond acceptors (Lipinski definition) is 4. The molecule has 3 atom stereocenters. The fraction of sp³-hybridized carbons (Fsp3) is 0.480. The van der Waals surface area contributed by atoms with Crippen LogP contribution >= 0.6 is 0 Å². The summed E-state index contributed by atoms with van der Waals surface area (Å²) in [6, 6.07) is 16.7. The molecule has 0 aliphatic carbocycles. The van der Waals surface area contributed by atoms with Gasteiger partial charge in [0.2, 0.25) is 0 Å². The molecule has 1 saturated heterocycles. The summed E-state index contributed by atoms with van der Waals surface area (Å²) < 4.78 is 10.5. The molecule has 0 bridgehead atoms. The molecule has 2 aromatic rings. The second-order valence-corrected chi connectivity index (χ2v) is 8.50. The van der Waals surface area contributed by atoms with Crippen LogP contribution in [0.5, 0.6) is 5.75 Å². The number of likely N-dealkylation sites (tertiary alicyclic amines) is 1. The van der Waals surface area contributed by atoms with E-state index in [1.807, 2.05) is 19.1 Å². The van der Waals surface area contributed by atoms with Crippen LogP contribution in [-0.2, 0) is 17.6 Å². The summed E-state index contributed by atoms with van der Waals surface area (Å²) in [5, 5.41) is 10.5. The Bertz CT molecular complexity index is 851. The molecule has 1 aliphatic rings. The largest absolute Gasteiger partial charge is 0.496 e. The number of aryl methyl sites for hydroxylation is 2. The van der Waals surface area contributed by atoms with E-state index in [1.165, 1.54) is 12.7 Å². The quantitative estimate of drug-likeness (QED) is 0.733. The molecule has 3 rings (SSSR count). The Kier molecular flexibility index (Phi) is 7.03. The molecule has 0 aromatic heterocycles. The maximum atomic E-state index is 12.1. The normalized spacial score (nSPS) is 22.0. The summed E-state index contributed by atoms with van der Waals surface area (Å²) in [5.41, 5.74) is 3.18. The van der Waals surface area contributed by atoms with Crippen LogP contribution in [0.15, 0.2) is 48.5 Å². The van der Waals surface area contributed by atoms with Crippen molar-refractivity contribution < 1.29 is 19.4 Å². The van der Waals surface area contributed by atoms with Crippen molar-refractivity contribution in [3.63, 3.8) is 0 Å². The molecule has 1 N–H and O–H groups in total. The molecule has 1 fully saturated rings. The minimum atomic E-state index is -0.555. The number of benzene rings is 2. The topological polar surface area (TPSA) is 59.0 Å². The minimum absolute atomic E-state index is 0.0235. The van der Waals surface area contributed by atoms with Crippen LogP contribution in [0, 0.1) is 5.41 Å². The van der Waals surface area contributed by atoms with Gasteiger partial charge in [-0.2, -0.15) is 0 Å². The fourth-order valence-corrected chi connectivity index (χ4v) is 4.53. The number of carbonyl (C=O) groups is 1. The summed E-state index contributed by atoms with van der Waals surface area (Å²) in [6.07, 6.45) is 2.04. The van der Waals surface area contributed by atoms with Crippen LogP contribution in [0.4, 0.5) is 4.79 Å². The number of amides is 1. The number of rotatable bonds is 7. The molecule has 0 unspecified atom stereocenters. The van der Waals surface area contributed by atoms with Gasteiger partial charge in [-0.05, 0) is 48.9 Å². The first-order valence-electron chi connectivity index (χ1n) is 10.6. The molecular formula is C25H33NO4. The van der Waals surface area contributed by atoms with E-state index in [4.69, 9.17) is 9.47 Å². The molecular weight excluding hydrogens is 378 g/mol. The molecule has 30 heavy (non-hydrogen) atoms. The zero-order chi connectivity index (χ0) is 21.7. The minimum Gasteiger partial charge on any atom is -0.496 e. The molecule has 162 valence electrons. The third kappa shape index (κ3) is 4.62. The lowest BCUT2D eigenvalue weighted by Gasteiger charge is -2.33. The molecule has 1 heterocycles. The van der Waals surface area contributed by atoms with Gasteiger partial charge in [-0.25, -0.2) is 4.79 Å². The summed E-state index contributed by atoms with van der Waals surface area (Å²) in [5.74, 6) is 0.906. The SMILES string of the molecule is COC(=O)N1C[C@@H](c2ccc(OC)c(CCCc3ccccc3)c2)[C@](C)([C@@H](C)O)C1. The fourth-order valence-electron chi connectivity index (χ4n) is 4.53. The van der Waals surface area contributed by atoms with Gasteiger partial charge in [0, 0.05) is 24.4 Å². The smallest absolute Gasteiger partial charge is 0.409 e. The highest BCUT2D eigenvalue weighted by atomic mass is 16.5. The maximum Gasteiger partial charge on any atom is 0.409 e. The van der Waals surface area contributed by atoms with E-state index in [2.05, 4.69) is 36.4 Å². The second kappa shape index (κ2) is 9.52. The average Bonchev–Trinajstić information content (AvgIpc) is 3.13. The summed E-state index contributed by atoms with van der Waals surface area (Å²) in [7, 11) is 3.10. The summed E-state index contributed by atoms with van der Waals surface area (Å²) in [4.78, 5) is 13.8. The van der Waals surface area contributed by atoms with E-state index >= 15 is 0 Å². The standard InChI is InChI=1S/C25H33NO4/c1-18(27)25(2)17-26(24(28)30-4)16-22(25)20-13-14-23(29-3)21(15-20)12-8-11-19-9-6-5-7-10-19/h5-7,9-10,13-15,18,22,27H,8,11-12,16-17H2,1-4H3/t18-,22+,25+/m1/s1.